The van der Waals surface area contributed by atoms with Crippen molar-refractivity contribution in [1.29, 1.82) is 0 Å². The van der Waals surface area contributed by atoms with E-state index in [1.54, 1.807) is 19.2 Å². The lowest BCUT2D eigenvalue weighted by atomic mass is 10.1. The Morgan fingerprint density at radius 3 is 2.83 bits per heavy atom. The van der Waals surface area contributed by atoms with E-state index in [4.69, 9.17) is 16.3 Å². The Balaban J connectivity index is 2.85. The van der Waals surface area contributed by atoms with Crippen molar-refractivity contribution in [3.63, 3.8) is 0 Å². The predicted octanol–water partition coefficient (Wildman–Crippen LogP) is 2.54. The standard InChI is InChI=1S/C13H19ClN2O2/c1-4-15-12-6-5-10(14)7-11(12)13(17)16-9(2)8-18-3/h5-7,9,15H,4,8H2,1-3H3,(H,16,17). The molecule has 0 aromatic heterocycles. The molecule has 0 bridgehead atoms. The molecule has 0 aliphatic rings. The van der Waals surface area contributed by atoms with Crippen LogP contribution in [0.4, 0.5) is 5.69 Å². The fourth-order valence-electron chi connectivity index (χ4n) is 1.64. The van der Waals surface area contributed by atoms with Crippen LogP contribution in [0.3, 0.4) is 0 Å². The van der Waals surface area contributed by atoms with Crippen LogP contribution in [0, 0.1) is 0 Å². The lowest BCUT2D eigenvalue weighted by molar-refractivity contribution is 0.0906. The molecule has 1 aromatic rings. The lowest BCUT2D eigenvalue weighted by Gasteiger charge is -2.15. The average molecular weight is 271 g/mol. The van der Waals surface area contributed by atoms with Gasteiger partial charge in [-0.3, -0.25) is 4.79 Å². The summed E-state index contributed by atoms with van der Waals surface area (Å²) in [7, 11) is 1.60. The summed E-state index contributed by atoms with van der Waals surface area (Å²) >= 11 is 5.93. The number of hydrogen-bond acceptors (Lipinski definition) is 3. The number of amides is 1. The van der Waals surface area contributed by atoms with E-state index in [1.165, 1.54) is 0 Å². The van der Waals surface area contributed by atoms with Crippen LogP contribution in [0.5, 0.6) is 0 Å². The van der Waals surface area contributed by atoms with E-state index < -0.39 is 0 Å². The first-order valence-electron chi connectivity index (χ1n) is 5.91. The van der Waals surface area contributed by atoms with Crippen LogP contribution < -0.4 is 10.6 Å². The third-order valence-electron chi connectivity index (χ3n) is 2.39. The zero-order valence-corrected chi connectivity index (χ0v) is 11.7. The highest BCUT2D eigenvalue weighted by molar-refractivity contribution is 6.31. The molecular formula is C13H19ClN2O2. The Bertz CT molecular complexity index is 410. The molecule has 18 heavy (non-hydrogen) atoms. The minimum atomic E-state index is -0.155. The van der Waals surface area contributed by atoms with E-state index in [-0.39, 0.29) is 11.9 Å². The Morgan fingerprint density at radius 2 is 2.22 bits per heavy atom. The second-order valence-electron chi connectivity index (χ2n) is 4.05. The van der Waals surface area contributed by atoms with Crippen LogP contribution >= 0.6 is 11.6 Å². The third kappa shape index (κ3) is 4.20. The maximum Gasteiger partial charge on any atom is 0.253 e. The maximum absolute atomic E-state index is 12.1. The fraction of sp³-hybridized carbons (Fsp3) is 0.462. The molecule has 0 radical (unpaired) electrons. The molecule has 0 spiro atoms. The Morgan fingerprint density at radius 1 is 1.50 bits per heavy atom. The molecule has 0 fully saturated rings. The molecule has 1 atom stereocenters. The van der Waals surface area contributed by atoms with Gasteiger partial charge in [-0.25, -0.2) is 0 Å². The molecule has 1 aromatic carbocycles. The minimum absolute atomic E-state index is 0.0454. The summed E-state index contributed by atoms with van der Waals surface area (Å²) in [6.07, 6.45) is 0. The predicted molar refractivity (Wildman–Crippen MR) is 74.4 cm³/mol. The van der Waals surface area contributed by atoms with Gasteiger partial charge in [-0.05, 0) is 32.0 Å². The number of carbonyl (C=O) groups excluding carboxylic acids is 1. The number of hydrogen-bond donors (Lipinski definition) is 2. The summed E-state index contributed by atoms with van der Waals surface area (Å²) in [4.78, 5) is 12.1. The van der Waals surface area contributed by atoms with Crippen molar-refractivity contribution < 1.29 is 9.53 Å². The van der Waals surface area contributed by atoms with E-state index in [0.29, 0.717) is 17.2 Å². The van der Waals surface area contributed by atoms with Gasteiger partial charge in [0.1, 0.15) is 0 Å². The summed E-state index contributed by atoms with van der Waals surface area (Å²) in [5.74, 6) is -0.155. The third-order valence-corrected chi connectivity index (χ3v) is 2.62. The quantitative estimate of drug-likeness (QED) is 0.835. The van der Waals surface area contributed by atoms with Gasteiger partial charge in [-0.1, -0.05) is 11.6 Å². The largest absolute Gasteiger partial charge is 0.385 e. The van der Waals surface area contributed by atoms with Crippen molar-refractivity contribution in [3.8, 4) is 0 Å². The summed E-state index contributed by atoms with van der Waals surface area (Å²) in [6, 6.07) is 5.18. The highest BCUT2D eigenvalue weighted by Gasteiger charge is 2.14. The molecular weight excluding hydrogens is 252 g/mol. The number of halogens is 1. The van der Waals surface area contributed by atoms with Crippen LogP contribution in [0.2, 0.25) is 5.02 Å². The van der Waals surface area contributed by atoms with E-state index in [9.17, 15) is 4.79 Å². The average Bonchev–Trinajstić information content (AvgIpc) is 2.32. The Kier molecular flexibility index (Phi) is 5.95. The molecule has 4 nitrogen and oxygen atoms in total. The molecule has 1 unspecified atom stereocenters. The number of anilines is 1. The fourth-order valence-corrected chi connectivity index (χ4v) is 1.81. The van der Waals surface area contributed by atoms with Gasteiger partial charge in [0.05, 0.1) is 12.2 Å². The van der Waals surface area contributed by atoms with E-state index in [0.717, 1.165) is 12.2 Å². The van der Waals surface area contributed by atoms with Gasteiger partial charge in [0, 0.05) is 30.4 Å². The number of carbonyl (C=O) groups is 1. The van der Waals surface area contributed by atoms with Crippen LogP contribution in [-0.2, 0) is 4.74 Å². The van der Waals surface area contributed by atoms with Crippen LogP contribution in [-0.4, -0.2) is 32.2 Å². The highest BCUT2D eigenvalue weighted by atomic mass is 35.5. The number of benzene rings is 1. The van der Waals surface area contributed by atoms with Crippen LogP contribution in [0.15, 0.2) is 18.2 Å². The van der Waals surface area contributed by atoms with Gasteiger partial charge in [0.15, 0.2) is 0 Å². The van der Waals surface area contributed by atoms with Crippen molar-refractivity contribution in [2.75, 3.05) is 25.6 Å². The van der Waals surface area contributed by atoms with Gasteiger partial charge >= 0.3 is 0 Å². The van der Waals surface area contributed by atoms with Crippen molar-refractivity contribution in [2.45, 2.75) is 19.9 Å². The number of methoxy groups -OCH3 is 1. The summed E-state index contributed by atoms with van der Waals surface area (Å²) in [5.41, 5.74) is 1.33. The van der Waals surface area contributed by atoms with Crippen LogP contribution in [0.25, 0.3) is 0 Å². The molecule has 0 saturated heterocycles. The van der Waals surface area contributed by atoms with Gasteiger partial charge in [-0.2, -0.15) is 0 Å². The van der Waals surface area contributed by atoms with Crippen LogP contribution in [0.1, 0.15) is 24.2 Å². The van der Waals surface area contributed by atoms with Crippen molar-refractivity contribution in [3.05, 3.63) is 28.8 Å². The molecule has 1 amide bonds. The summed E-state index contributed by atoms with van der Waals surface area (Å²) < 4.78 is 4.99. The molecule has 1 rings (SSSR count). The number of rotatable bonds is 6. The number of nitrogens with one attached hydrogen (secondary N) is 2. The minimum Gasteiger partial charge on any atom is -0.385 e. The zero-order chi connectivity index (χ0) is 13.5. The van der Waals surface area contributed by atoms with Crippen molar-refractivity contribution in [2.24, 2.45) is 0 Å². The van der Waals surface area contributed by atoms with E-state index in [1.807, 2.05) is 19.9 Å². The molecule has 5 heteroatoms. The molecule has 0 aliphatic carbocycles. The summed E-state index contributed by atoms with van der Waals surface area (Å²) in [6.45, 7) is 5.08. The normalized spacial score (nSPS) is 12.0. The van der Waals surface area contributed by atoms with Gasteiger partial charge in [0.25, 0.3) is 5.91 Å². The first-order valence-corrected chi connectivity index (χ1v) is 6.29. The smallest absolute Gasteiger partial charge is 0.253 e. The molecule has 0 saturated carbocycles. The molecule has 100 valence electrons. The Labute approximate surface area is 113 Å². The second kappa shape index (κ2) is 7.24. The monoisotopic (exact) mass is 270 g/mol. The van der Waals surface area contributed by atoms with Crippen molar-refractivity contribution >= 4 is 23.2 Å². The first kappa shape index (κ1) is 14.8. The second-order valence-corrected chi connectivity index (χ2v) is 4.49. The molecule has 2 N–H and O–H groups in total. The molecule has 0 heterocycles. The van der Waals surface area contributed by atoms with Gasteiger partial charge < -0.3 is 15.4 Å². The Hall–Kier alpha value is -1.26. The lowest BCUT2D eigenvalue weighted by Crippen LogP contribution is -2.36. The first-order chi connectivity index (χ1) is 8.58. The highest BCUT2D eigenvalue weighted by Crippen LogP contribution is 2.20. The molecule has 0 aliphatic heterocycles. The van der Waals surface area contributed by atoms with Gasteiger partial charge in [-0.15, -0.1) is 0 Å². The van der Waals surface area contributed by atoms with Crippen molar-refractivity contribution in [1.82, 2.24) is 5.32 Å². The SMILES string of the molecule is CCNc1ccc(Cl)cc1C(=O)NC(C)COC. The van der Waals surface area contributed by atoms with Gasteiger partial charge in [0.2, 0.25) is 0 Å². The maximum atomic E-state index is 12.1. The summed E-state index contributed by atoms with van der Waals surface area (Å²) in [5, 5.41) is 6.54. The van der Waals surface area contributed by atoms with E-state index in [2.05, 4.69) is 10.6 Å². The number of ether oxygens (including phenoxy) is 1. The zero-order valence-electron chi connectivity index (χ0n) is 10.9. The van der Waals surface area contributed by atoms with E-state index >= 15 is 0 Å². The topological polar surface area (TPSA) is 50.4 Å².